The van der Waals surface area contributed by atoms with Crippen molar-refractivity contribution in [1.29, 1.82) is 0 Å². The fourth-order valence-corrected chi connectivity index (χ4v) is 0.141. The average molecular weight is 209 g/mol. The predicted molar refractivity (Wildman–Crippen MR) is 23.1 cm³/mol. The zero-order valence-electron chi connectivity index (χ0n) is 2.50. The predicted octanol–water partition coefficient (Wildman–Crippen LogP) is -0.139. The van der Waals surface area contributed by atoms with Gasteiger partial charge in [0.05, 0.1) is 0 Å². The molecule has 0 amide bonds. The van der Waals surface area contributed by atoms with E-state index in [-0.39, 0.29) is 48.9 Å². The number of hydrogen-bond donors (Lipinski definition) is 0. The summed E-state index contributed by atoms with van der Waals surface area (Å²) in [5, 5.41) is 13.1. The van der Waals surface area contributed by atoms with Crippen molar-refractivity contribution >= 4 is 48.9 Å². The van der Waals surface area contributed by atoms with Crippen LogP contribution in [-0.4, -0.2) is 55.5 Å². The summed E-state index contributed by atoms with van der Waals surface area (Å²) < 4.78 is 0. The summed E-state index contributed by atoms with van der Waals surface area (Å²) in [5.74, 6) is 0. The molecule has 0 radical (unpaired) electrons. The van der Waals surface area contributed by atoms with Crippen LogP contribution < -0.4 is 0 Å². The quantitative estimate of drug-likeness (QED) is 0.499. The van der Waals surface area contributed by atoms with E-state index in [1.807, 2.05) is 0 Å². The summed E-state index contributed by atoms with van der Waals surface area (Å²) >= 11 is 0. The molecule has 0 saturated heterocycles. The molecule has 0 spiro atoms. The van der Waals surface area contributed by atoms with Gasteiger partial charge in [0.15, 0.2) is 6.67 Å². The molecule has 0 aromatic rings. The first-order valence-corrected chi connectivity index (χ1v) is 1.23. The van der Waals surface area contributed by atoms with E-state index < -0.39 is 0 Å². The SMILES string of the molecule is C1N=NN=N1.[BaH2]. The van der Waals surface area contributed by atoms with Gasteiger partial charge < -0.3 is 0 Å². The zero-order chi connectivity index (χ0) is 3.54. The van der Waals surface area contributed by atoms with Crippen LogP contribution in [0.4, 0.5) is 0 Å². The van der Waals surface area contributed by atoms with Gasteiger partial charge in [0, 0.05) is 0 Å². The second kappa shape index (κ2) is 3.94. The van der Waals surface area contributed by atoms with Crippen LogP contribution in [-0.2, 0) is 0 Å². The third-order valence-electron chi connectivity index (χ3n) is 0.293. The Morgan fingerprint density at radius 2 is 1.50 bits per heavy atom. The van der Waals surface area contributed by atoms with Crippen molar-refractivity contribution < 1.29 is 0 Å². The average Bonchev–Trinajstić information content (AvgIpc) is 1.76. The normalized spacial score (nSPS) is 14.7. The van der Waals surface area contributed by atoms with Crippen molar-refractivity contribution in [3.05, 3.63) is 0 Å². The summed E-state index contributed by atoms with van der Waals surface area (Å²) in [7, 11) is 0. The summed E-state index contributed by atoms with van der Waals surface area (Å²) in [6.45, 7) is 0.417. The molecule has 0 aliphatic carbocycles. The van der Waals surface area contributed by atoms with Gasteiger partial charge in [-0.1, -0.05) is 0 Å². The van der Waals surface area contributed by atoms with Gasteiger partial charge in [0.1, 0.15) is 0 Å². The van der Waals surface area contributed by atoms with E-state index in [1.54, 1.807) is 0 Å². The van der Waals surface area contributed by atoms with Gasteiger partial charge in [-0.05, 0) is 10.4 Å². The number of nitrogens with zero attached hydrogens (tertiary/aromatic N) is 4. The molecule has 6 heavy (non-hydrogen) atoms. The molecule has 0 saturated carbocycles. The van der Waals surface area contributed by atoms with E-state index in [2.05, 4.69) is 20.7 Å². The molecule has 4 nitrogen and oxygen atoms in total. The fourth-order valence-electron chi connectivity index (χ4n) is 0.141. The minimum atomic E-state index is 0. The van der Waals surface area contributed by atoms with Crippen LogP contribution in [0.25, 0.3) is 0 Å². The van der Waals surface area contributed by atoms with Gasteiger partial charge >= 0.3 is 48.9 Å². The van der Waals surface area contributed by atoms with Crippen molar-refractivity contribution in [2.45, 2.75) is 0 Å². The van der Waals surface area contributed by atoms with Crippen LogP contribution in [0.5, 0.6) is 0 Å². The van der Waals surface area contributed by atoms with Gasteiger partial charge in [-0.15, -0.1) is 10.2 Å². The number of rotatable bonds is 0. The molecule has 0 atom stereocenters. The van der Waals surface area contributed by atoms with Gasteiger partial charge in [-0.25, -0.2) is 0 Å². The molecule has 30 valence electrons. The van der Waals surface area contributed by atoms with E-state index in [1.165, 1.54) is 0 Å². The Balaban J connectivity index is 0.000000250. The maximum atomic E-state index is 3.38. The molecule has 1 aliphatic rings. The van der Waals surface area contributed by atoms with Crippen LogP contribution in [0.15, 0.2) is 20.7 Å². The van der Waals surface area contributed by atoms with Crippen molar-refractivity contribution in [3.8, 4) is 0 Å². The summed E-state index contributed by atoms with van der Waals surface area (Å²) in [6.07, 6.45) is 0. The Hall–Kier alpha value is 0.771. The third-order valence-corrected chi connectivity index (χ3v) is 0.293. The van der Waals surface area contributed by atoms with Crippen molar-refractivity contribution in [3.63, 3.8) is 0 Å². The summed E-state index contributed by atoms with van der Waals surface area (Å²) in [6, 6.07) is 0. The standard InChI is InChI=1S/CH2N4.Ba.2H/c1-2-4-5-3-1;;;/h1H2;;;. The molecule has 0 aromatic heterocycles. The van der Waals surface area contributed by atoms with Crippen LogP contribution in [0.2, 0.25) is 0 Å². The molecular formula is CH4BaN4. The zero-order valence-corrected chi connectivity index (χ0v) is 2.50. The van der Waals surface area contributed by atoms with Gasteiger partial charge in [-0.2, -0.15) is 0 Å². The Bertz CT molecular complexity index is 65.6. The molecular weight excluding hydrogens is 205 g/mol. The van der Waals surface area contributed by atoms with E-state index in [9.17, 15) is 0 Å². The monoisotopic (exact) mass is 210 g/mol. The Morgan fingerprint density at radius 1 is 1.00 bits per heavy atom. The summed E-state index contributed by atoms with van der Waals surface area (Å²) in [4.78, 5) is 0. The van der Waals surface area contributed by atoms with E-state index >= 15 is 0 Å². The molecule has 0 unspecified atom stereocenters. The Morgan fingerprint density at radius 3 is 1.67 bits per heavy atom. The van der Waals surface area contributed by atoms with E-state index in [0.717, 1.165) is 0 Å². The van der Waals surface area contributed by atoms with E-state index in [4.69, 9.17) is 0 Å². The van der Waals surface area contributed by atoms with Gasteiger partial charge in [0.2, 0.25) is 0 Å². The first-order valence-electron chi connectivity index (χ1n) is 1.23. The molecule has 1 heterocycles. The Kier molecular flexibility index (Phi) is 4.45. The first-order chi connectivity index (χ1) is 2.50. The minimum absolute atomic E-state index is 0. The molecule has 1 aliphatic heterocycles. The van der Waals surface area contributed by atoms with E-state index in [0.29, 0.717) is 6.67 Å². The number of hydrogen-bond acceptors (Lipinski definition) is 4. The van der Waals surface area contributed by atoms with Gasteiger partial charge in [0.25, 0.3) is 0 Å². The molecule has 1 rings (SSSR count). The molecule has 0 aromatic carbocycles. The molecule has 0 fully saturated rings. The maximum absolute atomic E-state index is 3.38. The molecule has 0 N–H and O–H groups in total. The topological polar surface area (TPSA) is 49.4 Å². The van der Waals surface area contributed by atoms with Crippen molar-refractivity contribution in [2.75, 3.05) is 6.67 Å². The van der Waals surface area contributed by atoms with Crippen LogP contribution in [0, 0.1) is 0 Å². The first kappa shape index (κ1) is 6.77. The van der Waals surface area contributed by atoms with Crippen LogP contribution in [0.1, 0.15) is 0 Å². The molecule has 0 bridgehead atoms. The fraction of sp³-hybridized carbons (Fsp3) is 1.00. The second-order valence-electron chi connectivity index (χ2n) is 0.603. The van der Waals surface area contributed by atoms with Crippen molar-refractivity contribution in [2.24, 2.45) is 20.7 Å². The third kappa shape index (κ3) is 2.04. The van der Waals surface area contributed by atoms with Crippen molar-refractivity contribution in [1.82, 2.24) is 0 Å². The second-order valence-corrected chi connectivity index (χ2v) is 0.603. The Labute approximate surface area is 75.2 Å². The van der Waals surface area contributed by atoms with Crippen LogP contribution >= 0.6 is 0 Å². The van der Waals surface area contributed by atoms with Gasteiger partial charge in [-0.3, -0.25) is 0 Å². The van der Waals surface area contributed by atoms with Crippen LogP contribution in [0.3, 0.4) is 0 Å². The molecule has 5 heteroatoms. The summed E-state index contributed by atoms with van der Waals surface area (Å²) in [5.41, 5.74) is 0.